The molecule has 1 aliphatic carbocycles. The second-order valence-electron chi connectivity index (χ2n) is 7.54. The van der Waals surface area contributed by atoms with Gasteiger partial charge in [-0.2, -0.15) is 0 Å². The number of amides is 1. The maximum atomic E-state index is 12.4. The van der Waals surface area contributed by atoms with Gasteiger partial charge in [0.2, 0.25) is 0 Å². The minimum absolute atomic E-state index is 0.120. The van der Waals surface area contributed by atoms with E-state index in [0.29, 0.717) is 12.8 Å². The number of ether oxygens (including phenoxy) is 2. The Morgan fingerprint density at radius 3 is 2.23 bits per heavy atom. The summed E-state index contributed by atoms with van der Waals surface area (Å²) < 4.78 is 10.4. The van der Waals surface area contributed by atoms with Crippen LogP contribution in [-0.2, 0) is 25.7 Å². The lowest BCUT2D eigenvalue weighted by Crippen LogP contribution is -2.49. The zero-order valence-corrected chi connectivity index (χ0v) is 15.4. The van der Waals surface area contributed by atoms with Crippen LogP contribution in [-0.4, -0.2) is 46.7 Å². The fourth-order valence-corrected chi connectivity index (χ4v) is 2.34. The molecule has 0 bridgehead atoms. The standard InChI is InChI=1S/C19H25NO6/c1-18(2,3)20(17(24)26-13-19(9-10-19)16(22)23)11-15(21)25-12-14-7-5-4-6-8-14/h4-8H,9-13H2,1-3H3,(H,22,23). The third-order valence-electron chi connectivity index (χ3n) is 4.34. The zero-order valence-electron chi connectivity index (χ0n) is 15.4. The number of rotatable bonds is 7. The lowest BCUT2D eigenvalue weighted by atomic mass is 10.1. The smallest absolute Gasteiger partial charge is 0.410 e. The predicted octanol–water partition coefficient (Wildman–Crippen LogP) is 2.83. The number of carbonyl (C=O) groups excluding carboxylic acids is 2. The van der Waals surface area contributed by atoms with Crippen molar-refractivity contribution in [3.63, 3.8) is 0 Å². The van der Waals surface area contributed by atoms with Crippen LogP contribution in [0.1, 0.15) is 39.2 Å². The van der Waals surface area contributed by atoms with Crippen LogP contribution in [0.25, 0.3) is 0 Å². The van der Waals surface area contributed by atoms with E-state index in [4.69, 9.17) is 14.6 Å². The van der Waals surface area contributed by atoms with Crippen molar-refractivity contribution < 1.29 is 29.0 Å². The molecule has 0 aliphatic heterocycles. The third kappa shape index (κ3) is 5.21. The van der Waals surface area contributed by atoms with Gasteiger partial charge < -0.3 is 14.6 Å². The number of aliphatic carboxylic acids is 1. The quantitative estimate of drug-likeness (QED) is 0.749. The van der Waals surface area contributed by atoms with E-state index in [1.165, 1.54) is 4.90 Å². The minimum Gasteiger partial charge on any atom is -0.481 e. The summed E-state index contributed by atoms with van der Waals surface area (Å²) >= 11 is 0. The molecule has 2 rings (SSSR count). The van der Waals surface area contributed by atoms with E-state index in [2.05, 4.69) is 0 Å². The minimum atomic E-state index is -0.965. The van der Waals surface area contributed by atoms with Gasteiger partial charge in [0.1, 0.15) is 25.2 Å². The highest BCUT2D eigenvalue weighted by atomic mass is 16.6. The topological polar surface area (TPSA) is 93.1 Å². The van der Waals surface area contributed by atoms with Crippen LogP contribution in [0.15, 0.2) is 30.3 Å². The van der Waals surface area contributed by atoms with Crippen LogP contribution in [0, 0.1) is 5.41 Å². The van der Waals surface area contributed by atoms with Gasteiger partial charge in [-0.1, -0.05) is 30.3 Å². The number of nitrogens with zero attached hydrogens (tertiary/aromatic N) is 1. The van der Waals surface area contributed by atoms with E-state index in [9.17, 15) is 14.4 Å². The van der Waals surface area contributed by atoms with E-state index in [-0.39, 0.29) is 19.8 Å². The molecular formula is C19H25NO6. The number of hydrogen-bond acceptors (Lipinski definition) is 5. The molecule has 1 aromatic rings. The Labute approximate surface area is 152 Å². The molecule has 0 aromatic heterocycles. The maximum Gasteiger partial charge on any atom is 0.410 e. The molecule has 142 valence electrons. The summed E-state index contributed by atoms with van der Waals surface area (Å²) in [6.07, 6.45) is 0.260. The van der Waals surface area contributed by atoms with Crippen molar-refractivity contribution in [3.05, 3.63) is 35.9 Å². The van der Waals surface area contributed by atoms with E-state index in [1.54, 1.807) is 20.8 Å². The second kappa shape index (κ2) is 7.76. The molecule has 0 spiro atoms. The van der Waals surface area contributed by atoms with E-state index < -0.39 is 29.0 Å². The van der Waals surface area contributed by atoms with Crippen molar-refractivity contribution in [2.75, 3.05) is 13.2 Å². The van der Waals surface area contributed by atoms with Gasteiger partial charge in [-0.25, -0.2) is 4.79 Å². The van der Waals surface area contributed by atoms with Gasteiger partial charge in [0.05, 0.1) is 0 Å². The average Bonchev–Trinajstić information content (AvgIpc) is 3.37. The highest BCUT2D eigenvalue weighted by molar-refractivity contribution is 5.80. The fraction of sp³-hybridized carbons (Fsp3) is 0.526. The molecule has 1 saturated carbocycles. The van der Waals surface area contributed by atoms with Crippen molar-refractivity contribution in [1.29, 1.82) is 0 Å². The first kappa shape index (κ1) is 19.8. The number of esters is 1. The lowest BCUT2D eigenvalue weighted by Gasteiger charge is -2.34. The normalized spacial score (nSPS) is 15.0. The van der Waals surface area contributed by atoms with Crippen LogP contribution in [0.4, 0.5) is 4.79 Å². The first-order valence-corrected chi connectivity index (χ1v) is 8.51. The number of hydrogen-bond donors (Lipinski definition) is 1. The van der Waals surface area contributed by atoms with Gasteiger partial charge >= 0.3 is 18.0 Å². The van der Waals surface area contributed by atoms with Gasteiger partial charge in [0, 0.05) is 5.54 Å². The van der Waals surface area contributed by atoms with Gasteiger partial charge in [0.25, 0.3) is 0 Å². The molecular weight excluding hydrogens is 338 g/mol. The van der Waals surface area contributed by atoms with Crippen LogP contribution >= 0.6 is 0 Å². The largest absolute Gasteiger partial charge is 0.481 e. The monoisotopic (exact) mass is 363 g/mol. The number of carboxylic acid groups (broad SMARTS) is 1. The zero-order chi connectivity index (χ0) is 19.4. The molecule has 7 nitrogen and oxygen atoms in total. The summed E-state index contributed by atoms with van der Waals surface area (Å²) in [5.74, 6) is -1.52. The summed E-state index contributed by atoms with van der Waals surface area (Å²) in [6, 6.07) is 9.23. The van der Waals surface area contributed by atoms with Crippen molar-refractivity contribution in [2.45, 2.75) is 45.8 Å². The Hall–Kier alpha value is -2.57. The van der Waals surface area contributed by atoms with Crippen LogP contribution in [0.2, 0.25) is 0 Å². The summed E-state index contributed by atoms with van der Waals surface area (Å²) in [6.45, 7) is 4.96. The molecule has 7 heteroatoms. The molecule has 0 heterocycles. The Morgan fingerprint density at radius 1 is 1.12 bits per heavy atom. The first-order chi connectivity index (χ1) is 12.1. The molecule has 1 aliphatic rings. The van der Waals surface area contributed by atoms with Crippen molar-refractivity contribution in [2.24, 2.45) is 5.41 Å². The van der Waals surface area contributed by atoms with Gasteiger partial charge in [0.15, 0.2) is 0 Å². The predicted molar refractivity (Wildman–Crippen MR) is 93.3 cm³/mol. The van der Waals surface area contributed by atoms with Gasteiger partial charge in [-0.15, -0.1) is 0 Å². The van der Waals surface area contributed by atoms with E-state index >= 15 is 0 Å². The number of carboxylic acids is 1. The average molecular weight is 363 g/mol. The lowest BCUT2D eigenvalue weighted by molar-refractivity contribution is -0.148. The molecule has 1 amide bonds. The molecule has 1 fully saturated rings. The molecule has 0 saturated heterocycles. The Kier molecular flexibility index (Phi) is 5.90. The molecule has 1 aromatic carbocycles. The van der Waals surface area contributed by atoms with Crippen LogP contribution in [0.3, 0.4) is 0 Å². The molecule has 1 N–H and O–H groups in total. The van der Waals surface area contributed by atoms with E-state index in [1.807, 2.05) is 30.3 Å². The number of benzene rings is 1. The molecule has 0 atom stereocenters. The highest BCUT2D eigenvalue weighted by Gasteiger charge is 2.52. The molecule has 0 unspecified atom stereocenters. The van der Waals surface area contributed by atoms with Crippen molar-refractivity contribution in [1.82, 2.24) is 4.90 Å². The van der Waals surface area contributed by atoms with Gasteiger partial charge in [-0.3, -0.25) is 14.5 Å². The van der Waals surface area contributed by atoms with Crippen molar-refractivity contribution in [3.8, 4) is 0 Å². The second-order valence-corrected chi connectivity index (χ2v) is 7.54. The summed E-state index contributed by atoms with van der Waals surface area (Å²) in [7, 11) is 0. The Morgan fingerprint density at radius 2 is 1.73 bits per heavy atom. The van der Waals surface area contributed by atoms with Gasteiger partial charge in [-0.05, 0) is 39.2 Å². The van der Waals surface area contributed by atoms with E-state index in [0.717, 1.165) is 5.56 Å². The SMILES string of the molecule is CC(C)(C)N(CC(=O)OCc1ccccc1)C(=O)OCC1(C(=O)O)CC1. The number of carbonyl (C=O) groups is 3. The molecule has 0 radical (unpaired) electrons. The summed E-state index contributed by atoms with van der Waals surface area (Å²) in [5, 5.41) is 9.16. The molecule has 26 heavy (non-hydrogen) atoms. The Bertz CT molecular complexity index is 660. The van der Waals surface area contributed by atoms with Crippen molar-refractivity contribution >= 4 is 18.0 Å². The van der Waals surface area contributed by atoms with Crippen LogP contribution < -0.4 is 0 Å². The fourth-order valence-electron chi connectivity index (χ4n) is 2.34. The summed E-state index contributed by atoms with van der Waals surface area (Å²) in [5.41, 5.74) is -0.793. The third-order valence-corrected chi connectivity index (χ3v) is 4.34. The summed E-state index contributed by atoms with van der Waals surface area (Å²) in [4.78, 5) is 37.0. The Balaban J connectivity index is 1.91. The highest BCUT2D eigenvalue weighted by Crippen LogP contribution is 2.46. The van der Waals surface area contributed by atoms with Crippen LogP contribution in [0.5, 0.6) is 0 Å². The maximum absolute atomic E-state index is 12.4. The first-order valence-electron chi connectivity index (χ1n) is 8.51.